The third kappa shape index (κ3) is 2.95. The van der Waals surface area contributed by atoms with Crippen molar-refractivity contribution in [1.82, 2.24) is 0 Å². The fourth-order valence-corrected chi connectivity index (χ4v) is 1.81. The maximum Gasteiger partial charge on any atom is 0.335 e. The highest BCUT2D eigenvalue weighted by molar-refractivity contribution is 5.83. The first-order valence-electron chi connectivity index (χ1n) is 6.14. The van der Waals surface area contributed by atoms with Crippen LogP contribution in [0.1, 0.15) is 0 Å². The van der Waals surface area contributed by atoms with Crippen LogP contribution in [-0.4, -0.2) is 13.1 Å². The third-order valence-corrected chi connectivity index (χ3v) is 2.89. The van der Waals surface area contributed by atoms with Gasteiger partial charge in [-0.25, -0.2) is 13.6 Å². The van der Waals surface area contributed by atoms with E-state index in [0.717, 1.165) is 18.2 Å². The Morgan fingerprint density at radius 3 is 2.36 bits per heavy atom. The van der Waals surface area contributed by atoms with E-state index in [1.807, 2.05) is 0 Å². The molecule has 0 spiro atoms. The van der Waals surface area contributed by atoms with E-state index in [2.05, 4.69) is 16.1 Å². The van der Waals surface area contributed by atoms with Crippen molar-refractivity contribution in [1.29, 1.82) is 0 Å². The third-order valence-electron chi connectivity index (χ3n) is 2.89. The van der Waals surface area contributed by atoms with Crippen molar-refractivity contribution in [3.8, 4) is 22.6 Å². The Hall–Kier alpha value is -2.76. The summed E-state index contributed by atoms with van der Waals surface area (Å²) in [5.41, 5.74) is -0.0475. The zero-order chi connectivity index (χ0) is 16.3. The number of halogens is 3. The minimum absolute atomic E-state index is 0.0926. The molecule has 0 saturated heterocycles. The van der Waals surface area contributed by atoms with Crippen molar-refractivity contribution in [2.75, 3.05) is 7.11 Å². The normalized spacial score (nSPS) is 10.2. The molecule has 0 aliphatic carbocycles. The minimum Gasteiger partial charge on any atom is -0.494 e. The van der Waals surface area contributed by atoms with Crippen LogP contribution in [0.2, 0.25) is 0 Å². The molecule has 0 saturated carbocycles. The van der Waals surface area contributed by atoms with Crippen LogP contribution in [0, 0.1) is 17.5 Å². The molecular weight excluding hydrogens is 297 g/mol. The summed E-state index contributed by atoms with van der Waals surface area (Å²) in [5, 5.41) is 0. The number of ether oxygens (including phenoxy) is 2. The van der Waals surface area contributed by atoms with Crippen molar-refractivity contribution < 1.29 is 27.4 Å². The topological polar surface area (TPSA) is 35.5 Å². The number of carbonyl (C=O) groups excluding carboxylic acids is 1. The van der Waals surface area contributed by atoms with E-state index in [9.17, 15) is 18.0 Å². The lowest BCUT2D eigenvalue weighted by molar-refractivity contribution is -0.129. The van der Waals surface area contributed by atoms with Crippen molar-refractivity contribution in [3.05, 3.63) is 60.4 Å². The fourth-order valence-electron chi connectivity index (χ4n) is 1.81. The SMILES string of the molecule is C=CC(=O)Oc1ccc(-c2ccc(OC)c(F)c2F)cc1F. The summed E-state index contributed by atoms with van der Waals surface area (Å²) >= 11 is 0. The first kappa shape index (κ1) is 15.6. The van der Waals surface area contributed by atoms with Gasteiger partial charge < -0.3 is 9.47 Å². The van der Waals surface area contributed by atoms with Gasteiger partial charge in [-0.05, 0) is 29.8 Å². The van der Waals surface area contributed by atoms with E-state index in [1.54, 1.807) is 0 Å². The molecule has 0 aliphatic heterocycles. The number of hydrogen-bond donors (Lipinski definition) is 0. The van der Waals surface area contributed by atoms with Crippen molar-refractivity contribution in [3.63, 3.8) is 0 Å². The highest BCUT2D eigenvalue weighted by atomic mass is 19.2. The van der Waals surface area contributed by atoms with Crippen LogP contribution in [-0.2, 0) is 4.79 Å². The smallest absolute Gasteiger partial charge is 0.335 e. The minimum atomic E-state index is -1.16. The molecule has 0 fully saturated rings. The molecule has 114 valence electrons. The number of hydrogen-bond acceptors (Lipinski definition) is 3. The Bertz CT molecular complexity index is 742. The lowest BCUT2D eigenvalue weighted by Gasteiger charge is -2.09. The van der Waals surface area contributed by atoms with E-state index < -0.39 is 23.4 Å². The van der Waals surface area contributed by atoms with Gasteiger partial charge in [-0.15, -0.1) is 0 Å². The molecule has 22 heavy (non-hydrogen) atoms. The van der Waals surface area contributed by atoms with E-state index in [1.165, 1.54) is 25.3 Å². The van der Waals surface area contributed by atoms with Gasteiger partial charge in [0, 0.05) is 11.6 Å². The Morgan fingerprint density at radius 2 is 1.77 bits per heavy atom. The first-order chi connectivity index (χ1) is 10.5. The molecule has 0 radical (unpaired) electrons. The van der Waals surface area contributed by atoms with Crippen LogP contribution in [0.4, 0.5) is 13.2 Å². The summed E-state index contributed by atoms with van der Waals surface area (Å²) in [6, 6.07) is 5.89. The Balaban J connectivity index is 2.42. The molecule has 0 amide bonds. The van der Waals surface area contributed by atoms with Crippen molar-refractivity contribution in [2.45, 2.75) is 0 Å². The van der Waals surface area contributed by atoms with E-state index in [4.69, 9.17) is 0 Å². The lowest BCUT2D eigenvalue weighted by atomic mass is 10.0. The van der Waals surface area contributed by atoms with E-state index >= 15 is 0 Å². The molecule has 6 heteroatoms. The molecule has 0 bridgehead atoms. The summed E-state index contributed by atoms with van der Waals surface area (Å²) in [6.07, 6.45) is 0.881. The molecule has 2 aromatic carbocycles. The quantitative estimate of drug-likeness (QED) is 0.488. The lowest BCUT2D eigenvalue weighted by Crippen LogP contribution is -2.04. The molecular formula is C16H11F3O3. The summed E-state index contributed by atoms with van der Waals surface area (Å²) in [4.78, 5) is 11.0. The van der Waals surface area contributed by atoms with Crippen molar-refractivity contribution in [2.24, 2.45) is 0 Å². The van der Waals surface area contributed by atoms with Crippen LogP contribution < -0.4 is 9.47 Å². The summed E-state index contributed by atoms with van der Waals surface area (Å²) in [6.45, 7) is 3.19. The molecule has 0 aliphatic rings. The van der Waals surface area contributed by atoms with Crippen LogP contribution >= 0.6 is 0 Å². The molecule has 0 unspecified atom stereocenters. The Kier molecular flexibility index (Phi) is 4.50. The maximum absolute atomic E-state index is 14.0. The zero-order valence-corrected chi connectivity index (χ0v) is 11.5. The fraction of sp³-hybridized carbons (Fsp3) is 0.0625. The average Bonchev–Trinajstić information content (AvgIpc) is 2.52. The molecule has 0 heterocycles. The summed E-state index contributed by atoms with van der Waals surface area (Å²) < 4.78 is 50.8. The summed E-state index contributed by atoms with van der Waals surface area (Å²) in [5.74, 6) is -4.62. The predicted molar refractivity (Wildman–Crippen MR) is 74.1 cm³/mol. The van der Waals surface area contributed by atoms with E-state index in [-0.39, 0.29) is 22.6 Å². The average molecular weight is 308 g/mol. The van der Waals surface area contributed by atoms with Gasteiger partial charge in [0.25, 0.3) is 0 Å². The zero-order valence-electron chi connectivity index (χ0n) is 11.5. The second-order valence-electron chi connectivity index (χ2n) is 4.21. The maximum atomic E-state index is 14.0. The van der Waals surface area contributed by atoms with Gasteiger partial charge in [0.2, 0.25) is 5.82 Å². The number of carbonyl (C=O) groups is 1. The standard InChI is InChI=1S/C16H11F3O3/c1-3-14(20)22-12-6-4-9(8-11(12)17)10-5-7-13(21-2)16(19)15(10)18/h3-8H,1H2,2H3. The van der Waals surface area contributed by atoms with Gasteiger partial charge in [0.1, 0.15) is 0 Å². The number of rotatable bonds is 4. The number of benzene rings is 2. The second-order valence-corrected chi connectivity index (χ2v) is 4.21. The van der Waals surface area contributed by atoms with Gasteiger partial charge in [-0.3, -0.25) is 0 Å². The number of methoxy groups -OCH3 is 1. The monoisotopic (exact) mass is 308 g/mol. The number of esters is 1. The second kappa shape index (κ2) is 6.34. The highest BCUT2D eigenvalue weighted by Gasteiger charge is 2.17. The van der Waals surface area contributed by atoms with Gasteiger partial charge in [0.15, 0.2) is 23.1 Å². The highest BCUT2D eigenvalue weighted by Crippen LogP contribution is 2.31. The summed E-state index contributed by atoms with van der Waals surface area (Å²) in [7, 11) is 1.21. The van der Waals surface area contributed by atoms with Gasteiger partial charge >= 0.3 is 5.97 Å². The molecule has 2 rings (SSSR count). The van der Waals surface area contributed by atoms with Gasteiger partial charge in [-0.1, -0.05) is 12.6 Å². The Labute approximate surface area is 124 Å². The van der Waals surface area contributed by atoms with Crippen LogP contribution in [0.25, 0.3) is 11.1 Å². The molecule has 2 aromatic rings. The Morgan fingerprint density at radius 1 is 1.09 bits per heavy atom. The van der Waals surface area contributed by atoms with Crippen LogP contribution in [0.5, 0.6) is 11.5 Å². The van der Waals surface area contributed by atoms with Crippen molar-refractivity contribution >= 4 is 5.97 Å². The molecule has 0 aromatic heterocycles. The predicted octanol–water partition coefficient (Wildman–Crippen LogP) is 3.87. The van der Waals surface area contributed by atoms with Crippen LogP contribution in [0.15, 0.2) is 43.0 Å². The molecule has 0 atom stereocenters. The van der Waals surface area contributed by atoms with Gasteiger partial charge in [0.05, 0.1) is 7.11 Å². The van der Waals surface area contributed by atoms with Gasteiger partial charge in [-0.2, -0.15) is 4.39 Å². The first-order valence-corrected chi connectivity index (χ1v) is 6.14. The molecule has 3 nitrogen and oxygen atoms in total. The van der Waals surface area contributed by atoms with E-state index in [0.29, 0.717) is 0 Å². The largest absolute Gasteiger partial charge is 0.494 e. The molecule has 0 N–H and O–H groups in total. The van der Waals surface area contributed by atoms with Crippen LogP contribution in [0.3, 0.4) is 0 Å².